The zero-order valence-corrected chi connectivity index (χ0v) is 36.8. The van der Waals surface area contributed by atoms with E-state index in [1.165, 1.54) is 53.6 Å². The zero-order chi connectivity index (χ0) is 43.7. The average Bonchev–Trinajstić information content (AvgIpc) is 4.11. The van der Waals surface area contributed by atoms with Crippen molar-refractivity contribution < 1.29 is 8.83 Å². The first-order valence-corrected chi connectivity index (χ1v) is 23.1. The number of nitrogens with zero attached hydrogens (tertiary/aromatic N) is 3. The van der Waals surface area contributed by atoms with Gasteiger partial charge in [0, 0.05) is 63.8 Å². The molecule has 5 nitrogen and oxygen atoms in total. The average molecular weight is 864 g/mol. The molecule has 0 spiro atoms. The number of para-hydroxylation sites is 1. The number of thiophene rings is 1. The Kier molecular flexibility index (Phi) is 7.84. The van der Waals surface area contributed by atoms with Crippen molar-refractivity contribution in [2.45, 2.75) is 19.3 Å². The van der Waals surface area contributed by atoms with E-state index in [1.807, 2.05) is 42.5 Å². The number of hydrogen-bond donors (Lipinski definition) is 0. The van der Waals surface area contributed by atoms with Crippen LogP contribution in [-0.4, -0.2) is 15.0 Å². The molecule has 1 aliphatic carbocycles. The third-order valence-electron chi connectivity index (χ3n) is 13.8. The van der Waals surface area contributed by atoms with Crippen molar-refractivity contribution in [2.75, 3.05) is 0 Å². The van der Waals surface area contributed by atoms with Gasteiger partial charge in [-0.05, 0) is 87.0 Å². The number of rotatable bonds is 5. The van der Waals surface area contributed by atoms with Crippen molar-refractivity contribution in [2.24, 2.45) is 0 Å². The Bertz CT molecular complexity index is 4150. The minimum atomic E-state index is -0.0509. The van der Waals surface area contributed by atoms with E-state index in [0.717, 1.165) is 71.7 Å². The molecular formula is C60H37N3O2S. The monoisotopic (exact) mass is 863 g/mol. The molecule has 4 aromatic heterocycles. The molecule has 4 heterocycles. The maximum atomic E-state index is 6.59. The van der Waals surface area contributed by atoms with Crippen LogP contribution >= 0.6 is 11.3 Å². The third kappa shape index (κ3) is 5.49. The largest absolute Gasteiger partial charge is 0.456 e. The summed E-state index contributed by atoms with van der Waals surface area (Å²) < 4.78 is 15.4. The van der Waals surface area contributed by atoms with E-state index in [0.29, 0.717) is 17.5 Å². The normalized spacial score (nSPS) is 13.1. The lowest BCUT2D eigenvalue weighted by molar-refractivity contribution is 0.660. The number of fused-ring (bicyclic) bond motifs is 12. The maximum Gasteiger partial charge on any atom is 0.164 e. The van der Waals surface area contributed by atoms with Crippen LogP contribution in [0.2, 0.25) is 0 Å². The summed E-state index contributed by atoms with van der Waals surface area (Å²) in [7, 11) is 0. The van der Waals surface area contributed by atoms with Gasteiger partial charge in [-0.2, -0.15) is 0 Å². The molecule has 66 heavy (non-hydrogen) atoms. The van der Waals surface area contributed by atoms with Crippen LogP contribution in [0.3, 0.4) is 0 Å². The molecule has 13 aromatic rings. The highest BCUT2D eigenvalue weighted by Crippen LogP contribution is 2.52. The highest BCUT2D eigenvalue weighted by atomic mass is 32.1. The van der Waals surface area contributed by atoms with Crippen LogP contribution in [-0.2, 0) is 5.41 Å². The van der Waals surface area contributed by atoms with Crippen molar-refractivity contribution in [3.05, 3.63) is 199 Å². The van der Waals surface area contributed by atoms with Crippen LogP contribution in [0.1, 0.15) is 25.0 Å². The summed E-state index contributed by atoms with van der Waals surface area (Å²) in [6, 6.07) is 66.6. The summed E-state index contributed by atoms with van der Waals surface area (Å²) in [5, 5.41) is 6.43. The van der Waals surface area contributed by atoms with Gasteiger partial charge in [0.05, 0.1) is 0 Å². The Morgan fingerprint density at radius 1 is 0.364 bits per heavy atom. The van der Waals surface area contributed by atoms with Gasteiger partial charge in [0.25, 0.3) is 0 Å². The molecule has 1 aliphatic rings. The fourth-order valence-corrected chi connectivity index (χ4v) is 11.7. The summed E-state index contributed by atoms with van der Waals surface area (Å²) in [6.07, 6.45) is 0. The lowest BCUT2D eigenvalue weighted by atomic mass is 9.82. The number of hydrogen-bond acceptors (Lipinski definition) is 6. The van der Waals surface area contributed by atoms with Crippen LogP contribution < -0.4 is 0 Å². The first-order valence-electron chi connectivity index (χ1n) is 22.3. The number of benzene rings is 9. The Morgan fingerprint density at radius 2 is 0.909 bits per heavy atom. The zero-order valence-electron chi connectivity index (χ0n) is 36.0. The molecule has 0 aliphatic heterocycles. The molecule has 0 atom stereocenters. The highest BCUT2D eigenvalue weighted by molar-refractivity contribution is 7.25. The second kappa shape index (κ2) is 13.9. The molecule has 0 saturated heterocycles. The van der Waals surface area contributed by atoms with Gasteiger partial charge < -0.3 is 8.83 Å². The molecule has 0 radical (unpaired) electrons. The van der Waals surface area contributed by atoms with E-state index >= 15 is 0 Å². The maximum absolute atomic E-state index is 6.59. The van der Waals surface area contributed by atoms with Gasteiger partial charge in [-0.15, -0.1) is 11.3 Å². The van der Waals surface area contributed by atoms with E-state index in [9.17, 15) is 0 Å². The molecular weight excluding hydrogens is 827 g/mol. The van der Waals surface area contributed by atoms with Gasteiger partial charge in [0.1, 0.15) is 22.3 Å². The molecule has 0 bridgehead atoms. The fourth-order valence-electron chi connectivity index (χ4n) is 10.6. The van der Waals surface area contributed by atoms with Crippen LogP contribution in [0, 0.1) is 0 Å². The number of aromatic nitrogens is 3. The Hall–Kier alpha value is -8.19. The molecule has 9 aromatic carbocycles. The lowest BCUT2D eigenvalue weighted by Crippen LogP contribution is -2.14. The molecule has 14 rings (SSSR count). The van der Waals surface area contributed by atoms with E-state index in [1.54, 1.807) is 11.3 Å². The predicted octanol–water partition coefficient (Wildman–Crippen LogP) is 16.7. The lowest BCUT2D eigenvalue weighted by Gasteiger charge is -2.21. The number of furan rings is 2. The first-order chi connectivity index (χ1) is 32.4. The SMILES string of the molecule is CC1(C)c2ccccc2-c2c(-c3ccc(-c4ccc5oc6cccc(-c7nc(-c8ccc9c(c8)sc8ccccc89)nc(-c8cccc9oc%10ccccc%10c89)n7)c6c5c4)cc3)cccc21. The standard InChI is InChI=1S/C60H37N3O2S/c1-60(2)46-18-6-3-13-41(46)54-38(15-9-19-47(54)60)35-26-24-34(25-27-35)36-29-31-49-45(32-36)56-44(17-11-22-51(56)65-49)59-62-57(37-28-30-40-39-12-5-8-23-52(39)66-53(40)33-37)61-58(63-59)43-16-10-21-50-55(43)42-14-4-7-20-48(42)64-50/h3-33H,1-2H3. The second-order valence-electron chi connectivity index (χ2n) is 17.9. The van der Waals surface area contributed by atoms with Crippen LogP contribution in [0.5, 0.6) is 0 Å². The van der Waals surface area contributed by atoms with E-state index in [4.69, 9.17) is 23.8 Å². The van der Waals surface area contributed by atoms with Crippen molar-refractivity contribution >= 4 is 75.4 Å². The van der Waals surface area contributed by atoms with E-state index in [-0.39, 0.29) is 5.41 Å². The smallest absolute Gasteiger partial charge is 0.164 e. The Morgan fingerprint density at radius 3 is 1.71 bits per heavy atom. The molecule has 6 heteroatoms. The minimum absolute atomic E-state index is 0.0509. The first kappa shape index (κ1) is 37.2. The van der Waals surface area contributed by atoms with Gasteiger partial charge in [-0.1, -0.05) is 159 Å². The second-order valence-corrected chi connectivity index (χ2v) is 18.9. The highest BCUT2D eigenvalue weighted by Gasteiger charge is 2.36. The molecule has 0 unspecified atom stereocenters. The fraction of sp³-hybridized carbons (Fsp3) is 0.0500. The quantitative estimate of drug-likeness (QED) is 0.172. The van der Waals surface area contributed by atoms with Crippen LogP contribution in [0.15, 0.2) is 197 Å². The molecule has 0 fully saturated rings. The summed E-state index contributed by atoms with van der Waals surface area (Å²) in [5.41, 5.74) is 15.9. The van der Waals surface area contributed by atoms with Gasteiger partial charge in [0.15, 0.2) is 17.5 Å². The molecule has 0 N–H and O–H groups in total. The molecule has 310 valence electrons. The van der Waals surface area contributed by atoms with Crippen molar-refractivity contribution in [1.82, 2.24) is 15.0 Å². The minimum Gasteiger partial charge on any atom is -0.456 e. The van der Waals surface area contributed by atoms with Gasteiger partial charge >= 0.3 is 0 Å². The van der Waals surface area contributed by atoms with Gasteiger partial charge in [0.2, 0.25) is 0 Å². The predicted molar refractivity (Wildman–Crippen MR) is 272 cm³/mol. The topological polar surface area (TPSA) is 65.0 Å². The summed E-state index contributed by atoms with van der Waals surface area (Å²) in [6.45, 7) is 4.67. The van der Waals surface area contributed by atoms with Crippen molar-refractivity contribution in [3.63, 3.8) is 0 Å². The van der Waals surface area contributed by atoms with Crippen molar-refractivity contribution in [3.8, 4) is 67.5 Å². The van der Waals surface area contributed by atoms with Gasteiger partial charge in [-0.25, -0.2) is 15.0 Å². The third-order valence-corrected chi connectivity index (χ3v) is 14.9. The summed E-state index contributed by atoms with van der Waals surface area (Å²) >= 11 is 1.79. The molecule has 0 amide bonds. The van der Waals surface area contributed by atoms with E-state index < -0.39 is 0 Å². The van der Waals surface area contributed by atoms with E-state index in [2.05, 4.69) is 159 Å². The van der Waals surface area contributed by atoms with Crippen molar-refractivity contribution in [1.29, 1.82) is 0 Å². The van der Waals surface area contributed by atoms with Crippen LogP contribution in [0.25, 0.3) is 132 Å². The Labute approximate surface area is 383 Å². The van der Waals surface area contributed by atoms with Crippen LogP contribution in [0.4, 0.5) is 0 Å². The summed E-state index contributed by atoms with van der Waals surface area (Å²) in [5.74, 6) is 1.74. The summed E-state index contributed by atoms with van der Waals surface area (Å²) in [4.78, 5) is 15.9. The molecule has 0 saturated carbocycles. The van der Waals surface area contributed by atoms with Gasteiger partial charge in [-0.3, -0.25) is 0 Å². The Balaban J connectivity index is 0.925.